The Hall–Kier alpha value is -1.75. The van der Waals surface area contributed by atoms with Gasteiger partial charge in [-0.2, -0.15) is 0 Å². The van der Waals surface area contributed by atoms with Crippen molar-refractivity contribution in [1.29, 1.82) is 0 Å². The van der Waals surface area contributed by atoms with Crippen LogP contribution < -0.4 is 20.5 Å². The highest BCUT2D eigenvalue weighted by atomic mass is 16.5. The van der Waals surface area contributed by atoms with Gasteiger partial charge in [-0.3, -0.25) is 4.79 Å². The monoisotopic (exact) mass is 278 g/mol. The van der Waals surface area contributed by atoms with Crippen molar-refractivity contribution >= 4 is 5.91 Å². The summed E-state index contributed by atoms with van der Waals surface area (Å²) in [6, 6.07) is 6.10. The highest BCUT2D eigenvalue weighted by Gasteiger charge is 2.15. The molecule has 0 saturated carbocycles. The van der Waals surface area contributed by atoms with Crippen molar-refractivity contribution in [2.45, 2.75) is 38.8 Å². The van der Waals surface area contributed by atoms with Crippen LogP contribution in [0.25, 0.3) is 0 Å². The first kappa shape index (κ1) is 14.7. The van der Waals surface area contributed by atoms with Crippen molar-refractivity contribution in [2.75, 3.05) is 13.2 Å². The highest BCUT2D eigenvalue weighted by molar-refractivity contribution is 5.74. The smallest absolute Gasteiger partial charge is 0.218 e. The Morgan fingerprint density at radius 2 is 2.00 bits per heavy atom. The van der Waals surface area contributed by atoms with Gasteiger partial charge in [-0.15, -0.1) is 0 Å². The lowest BCUT2D eigenvalue weighted by Crippen LogP contribution is -2.32. The lowest BCUT2D eigenvalue weighted by Gasteiger charge is -2.20. The van der Waals surface area contributed by atoms with E-state index >= 15 is 0 Å². The standard InChI is InChI=1S/C15H22N2O3/c1-10(8-15(16)18)17-11(2)12-4-5-13-14(9-12)20-7-3-6-19-13/h4-5,9-11,17H,3,6-8H2,1-2H3,(H2,16,18). The summed E-state index contributed by atoms with van der Waals surface area (Å²) in [6.45, 7) is 5.37. The molecular formula is C15H22N2O3. The molecular weight excluding hydrogens is 256 g/mol. The molecule has 0 bridgehead atoms. The summed E-state index contributed by atoms with van der Waals surface area (Å²) in [5, 5.41) is 3.35. The van der Waals surface area contributed by atoms with Crippen LogP contribution in [-0.2, 0) is 4.79 Å². The Morgan fingerprint density at radius 1 is 1.30 bits per heavy atom. The molecule has 0 aliphatic carbocycles. The first-order valence-electron chi connectivity index (χ1n) is 7.00. The van der Waals surface area contributed by atoms with Crippen LogP contribution in [0.2, 0.25) is 0 Å². The van der Waals surface area contributed by atoms with Crippen LogP contribution in [-0.4, -0.2) is 25.2 Å². The van der Waals surface area contributed by atoms with Crippen molar-refractivity contribution in [3.8, 4) is 11.5 Å². The minimum absolute atomic E-state index is 0.0403. The number of amides is 1. The molecule has 2 unspecified atom stereocenters. The average molecular weight is 278 g/mol. The van der Waals surface area contributed by atoms with Crippen LogP contribution in [0.5, 0.6) is 11.5 Å². The molecule has 20 heavy (non-hydrogen) atoms. The summed E-state index contributed by atoms with van der Waals surface area (Å²) >= 11 is 0. The second-order valence-corrected chi connectivity index (χ2v) is 5.22. The summed E-state index contributed by atoms with van der Waals surface area (Å²) in [5.74, 6) is 1.29. The summed E-state index contributed by atoms with van der Waals surface area (Å²) in [6.07, 6.45) is 1.22. The third kappa shape index (κ3) is 3.87. The van der Waals surface area contributed by atoms with Gasteiger partial charge in [-0.05, 0) is 31.5 Å². The second-order valence-electron chi connectivity index (χ2n) is 5.22. The Balaban J connectivity index is 2.04. The molecule has 0 spiro atoms. The minimum Gasteiger partial charge on any atom is -0.490 e. The number of ether oxygens (including phenoxy) is 2. The first-order chi connectivity index (χ1) is 9.56. The molecule has 1 aromatic rings. The fourth-order valence-corrected chi connectivity index (χ4v) is 2.33. The maximum atomic E-state index is 10.9. The molecule has 5 nitrogen and oxygen atoms in total. The molecule has 0 radical (unpaired) electrons. The van der Waals surface area contributed by atoms with Crippen molar-refractivity contribution in [3.05, 3.63) is 23.8 Å². The predicted molar refractivity (Wildman–Crippen MR) is 76.9 cm³/mol. The van der Waals surface area contributed by atoms with E-state index in [1.807, 2.05) is 25.1 Å². The van der Waals surface area contributed by atoms with E-state index in [9.17, 15) is 4.79 Å². The van der Waals surface area contributed by atoms with E-state index in [4.69, 9.17) is 15.2 Å². The molecule has 0 aromatic heterocycles. The van der Waals surface area contributed by atoms with Gasteiger partial charge in [0.25, 0.3) is 0 Å². The Morgan fingerprint density at radius 3 is 2.70 bits per heavy atom. The van der Waals surface area contributed by atoms with Gasteiger partial charge in [0.2, 0.25) is 5.91 Å². The number of carbonyl (C=O) groups is 1. The molecule has 1 heterocycles. The number of hydrogen-bond donors (Lipinski definition) is 2. The van der Waals surface area contributed by atoms with E-state index in [2.05, 4.69) is 12.2 Å². The quantitative estimate of drug-likeness (QED) is 0.860. The number of nitrogens with two attached hydrogens (primary N) is 1. The molecule has 0 saturated heterocycles. The van der Waals surface area contributed by atoms with Crippen LogP contribution in [0, 0.1) is 0 Å². The lowest BCUT2D eigenvalue weighted by atomic mass is 10.1. The molecule has 1 amide bonds. The topological polar surface area (TPSA) is 73.6 Å². The summed E-state index contributed by atoms with van der Waals surface area (Å²) in [4.78, 5) is 10.9. The molecule has 0 fully saturated rings. The summed E-state index contributed by atoms with van der Waals surface area (Å²) < 4.78 is 11.3. The van der Waals surface area contributed by atoms with Gasteiger partial charge >= 0.3 is 0 Å². The second kappa shape index (κ2) is 6.61. The van der Waals surface area contributed by atoms with Crippen LogP contribution in [0.1, 0.15) is 38.3 Å². The van der Waals surface area contributed by atoms with Crippen molar-refractivity contribution < 1.29 is 14.3 Å². The van der Waals surface area contributed by atoms with E-state index < -0.39 is 0 Å². The van der Waals surface area contributed by atoms with Gasteiger partial charge in [-0.1, -0.05) is 6.07 Å². The van der Waals surface area contributed by atoms with Gasteiger partial charge in [-0.25, -0.2) is 0 Å². The summed E-state index contributed by atoms with van der Waals surface area (Å²) in [5.41, 5.74) is 6.30. The third-order valence-corrected chi connectivity index (χ3v) is 3.31. The maximum Gasteiger partial charge on any atom is 0.218 e. The predicted octanol–water partition coefficient (Wildman–Crippen LogP) is 1.76. The molecule has 110 valence electrons. The van der Waals surface area contributed by atoms with Gasteiger partial charge in [0.15, 0.2) is 11.5 Å². The number of hydrogen-bond acceptors (Lipinski definition) is 4. The zero-order chi connectivity index (χ0) is 14.5. The number of rotatable bonds is 5. The molecule has 5 heteroatoms. The number of nitrogens with one attached hydrogen (secondary N) is 1. The van der Waals surface area contributed by atoms with E-state index in [1.54, 1.807) is 0 Å². The van der Waals surface area contributed by atoms with E-state index in [0.717, 1.165) is 23.5 Å². The molecule has 1 aliphatic heterocycles. The SMILES string of the molecule is CC(CC(N)=O)NC(C)c1ccc2c(c1)OCCCO2. The molecule has 3 N–H and O–H groups in total. The number of fused-ring (bicyclic) bond motifs is 1. The number of benzene rings is 1. The van der Waals surface area contributed by atoms with Crippen LogP contribution >= 0.6 is 0 Å². The largest absolute Gasteiger partial charge is 0.490 e. The lowest BCUT2D eigenvalue weighted by molar-refractivity contribution is -0.118. The number of primary amides is 1. The Bertz CT molecular complexity index is 476. The highest BCUT2D eigenvalue weighted by Crippen LogP contribution is 2.32. The fraction of sp³-hybridized carbons (Fsp3) is 0.533. The minimum atomic E-state index is -0.295. The van der Waals surface area contributed by atoms with Gasteiger partial charge in [0, 0.05) is 24.9 Å². The van der Waals surface area contributed by atoms with Gasteiger partial charge in [0.1, 0.15) is 0 Å². The Kier molecular flexibility index (Phi) is 4.84. The van der Waals surface area contributed by atoms with Gasteiger partial charge in [0.05, 0.1) is 13.2 Å². The van der Waals surface area contributed by atoms with Crippen molar-refractivity contribution in [2.24, 2.45) is 5.73 Å². The fourth-order valence-electron chi connectivity index (χ4n) is 2.33. The van der Waals surface area contributed by atoms with E-state index in [-0.39, 0.29) is 18.0 Å². The summed E-state index contributed by atoms with van der Waals surface area (Å²) in [7, 11) is 0. The maximum absolute atomic E-state index is 10.9. The molecule has 2 atom stereocenters. The third-order valence-electron chi connectivity index (χ3n) is 3.31. The average Bonchev–Trinajstić information content (AvgIpc) is 2.61. The van der Waals surface area contributed by atoms with Crippen molar-refractivity contribution in [1.82, 2.24) is 5.32 Å². The zero-order valence-corrected chi connectivity index (χ0v) is 12.0. The van der Waals surface area contributed by atoms with Crippen LogP contribution in [0.15, 0.2) is 18.2 Å². The van der Waals surface area contributed by atoms with Crippen LogP contribution in [0.4, 0.5) is 0 Å². The van der Waals surface area contributed by atoms with Gasteiger partial charge < -0.3 is 20.5 Å². The normalized spacial score (nSPS) is 17.1. The first-order valence-corrected chi connectivity index (χ1v) is 7.00. The van der Waals surface area contributed by atoms with Crippen molar-refractivity contribution in [3.63, 3.8) is 0 Å². The molecule has 2 rings (SSSR count). The van der Waals surface area contributed by atoms with E-state index in [1.165, 1.54) is 0 Å². The number of carbonyl (C=O) groups excluding carboxylic acids is 1. The van der Waals surface area contributed by atoms with Crippen LogP contribution in [0.3, 0.4) is 0 Å². The molecule has 1 aliphatic rings. The Labute approximate surface area is 119 Å². The zero-order valence-electron chi connectivity index (χ0n) is 12.0. The molecule has 1 aromatic carbocycles. The van der Waals surface area contributed by atoms with E-state index in [0.29, 0.717) is 19.6 Å².